The first-order valence-electron chi connectivity index (χ1n) is 3.92. The summed E-state index contributed by atoms with van der Waals surface area (Å²) in [5.41, 5.74) is 0.956. The van der Waals surface area contributed by atoms with Crippen LogP contribution in [-0.4, -0.2) is 10.1 Å². The van der Waals surface area contributed by atoms with E-state index < -0.39 is 5.82 Å². The molecule has 0 aliphatic heterocycles. The third-order valence-corrected chi connectivity index (χ3v) is 1.97. The molecule has 1 heterocycles. The van der Waals surface area contributed by atoms with E-state index in [2.05, 4.69) is 4.98 Å². The number of hydrogen-bond acceptors (Lipinski definition) is 2. The number of fused-ring (bicyclic) bond motifs is 1. The lowest BCUT2D eigenvalue weighted by atomic mass is 10.1. The van der Waals surface area contributed by atoms with Gasteiger partial charge in [0.15, 0.2) is 0 Å². The Morgan fingerprint density at radius 1 is 1.31 bits per heavy atom. The molecule has 1 aromatic carbocycles. The maximum absolute atomic E-state index is 13.2. The zero-order chi connectivity index (χ0) is 9.42. The van der Waals surface area contributed by atoms with Crippen molar-refractivity contribution < 1.29 is 9.50 Å². The molecule has 1 N–H and O–H groups in total. The highest BCUT2D eigenvalue weighted by Crippen LogP contribution is 2.24. The molecule has 0 atom stereocenters. The van der Waals surface area contributed by atoms with E-state index in [0.29, 0.717) is 10.8 Å². The van der Waals surface area contributed by atoms with E-state index in [9.17, 15) is 9.50 Å². The van der Waals surface area contributed by atoms with E-state index in [-0.39, 0.29) is 5.88 Å². The van der Waals surface area contributed by atoms with Crippen molar-refractivity contribution in [3.05, 3.63) is 35.8 Å². The molecule has 66 valence electrons. The van der Waals surface area contributed by atoms with Crippen LogP contribution in [0.1, 0.15) is 5.56 Å². The van der Waals surface area contributed by atoms with Gasteiger partial charge in [0.05, 0.1) is 6.20 Å². The Morgan fingerprint density at radius 2 is 2.08 bits per heavy atom. The summed E-state index contributed by atoms with van der Waals surface area (Å²) in [5, 5.41) is 10.2. The Balaban J connectivity index is 2.92. The van der Waals surface area contributed by atoms with Gasteiger partial charge >= 0.3 is 0 Å². The Kier molecular flexibility index (Phi) is 1.65. The van der Waals surface area contributed by atoms with Gasteiger partial charge in [-0.1, -0.05) is 11.6 Å². The molecule has 2 nitrogen and oxygen atoms in total. The van der Waals surface area contributed by atoms with Gasteiger partial charge in [-0.25, -0.2) is 9.37 Å². The lowest BCUT2D eigenvalue weighted by Crippen LogP contribution is -1.84. The largest absolute Gasteiger partial charge is 0.493 e. The molecule has 0 fully saturated rings. The molecule has 13 heavy (non-hydrogen) atoms. The van der Waals surface area contributed by atoms with Crippen LogP contribution in [0.25, 0.3) is 10.8 Å². The fourth-order valence-corrected chi connectivity index (χ4v) is 1.31. The average Bonchev–Trinajstić information content (AvgIpc) is 2.12. The van der Waals surface area contributed by atoms with E-state index >= 15 is 0 Å². The van der Waals surface area contributed by atoms with Crippen LogP contribution in [0.15, 0.2) is 24.4 Å². The molecule has 0 amide bonds. The number of aryl methyl sites for hydroxylation is 1. The number of aromatic hydroxyl groups is 1. The summed E-state index contributed by atoms with van der Waals surface area (Å²) >= 11 is 0. The normalized spacial score (nSPS) is 10.6. The van der Waals surface area contributed by atoms with Crippen LogP contribution in [-0.2, 0) is 0 Å². The van der Waals surface area contributed by atoms with Crippen molar-refractivity contribution in [3.63, 3.8) is 0 Å². The van der Waals surface area contributed by atoms with Crippen molar-refractivity contribution >= 4 is 10.8 Å². The van der Waals surface area contributed by atoms with Gasteiger partial charge in [0.2, 0.25) is 5.88 Å². The highest BCUT2D eigenvalue weighted by molar-refractivity contribution is 5.87. The summed E-state index contributed by atoms with van der Waals surface area (Å²) in [6, 6.07) is 5.16. The molecule has 0 bridgehead atoms. The molecule has 1 aromatic heterocycles. The van der Waals surface area contributed by atoms with E-state index in [1.165, 1.54) is 0 Å². The van der Waals surface area contributed by atoms with Gasteiger partial charge in [0.1, 0.15) is 5.82 Å². The Labute approximate surface area is 74.7 Å². The number of benzene rings is 1. The van der Waals surface area contributed by atoms with Crippen LogP contribution in [0.2, 0.25) is 0 Å². The van der Waals surface area contributed by atoms with Crippen molar-refractivity contribution in [3.8, 4) is 5.88 Å². The van der Waals surface area contributed by atoms with Crippen molar-refractivity contribution in [2.24, 2.45) is 0 Å². The molecule has 0 aliphatic rings. The van der Waals surface area contributed by atoms with Crippen molar-refractivity contribution in [1.29, 1.82) is 0 Å². The zero-order valence-corrected chi connectivity index (χ0v) is 7.08. The van der Waals surface area contributed by atoms with Crippen LogP contribution in [0.4, 0.5) is 4.39 Å². The maximum atomic E-state index is 13.2. The summed E-state index contributed by atoms with van der Waals surface area (Å²) in [6.07, 6.45) is 1.02. The minimum Gasteiger partial charge on any atom is -0.493 e. The number of nitrogens with zero attached hydrogens (tertiary/aromatic N) is 1. The second kappa shape index (κ2) is 2.69. The Hall–Kier alpha value is -1.64. The minimum atomic E-state index is -0.406. The summed E-state index contributed by atoms with van der Waals surface area (Å²) < 4.78 is 13.2. The van der Waals surface area contributed by atoms with Gasteiger partial charge in [-0.3, -0.25) is 0 Å². The van der Waals surface area contributed by atoms with Crippen LogP contribution in [0.5, 0.6) is 5.88 Å². The first-order chi connectivity index (χ1) is 6.18. The molecule has 2 aromatic rings. The van der Waals surface area contributed by atoms with Crippen LogP contribution >= 0.6 is 0 Å². The number of aromatic nitrogens is 1. The number of pyridine rings is 1. The standard InChI is InChI=1S/C10H8FNO/c1-6-2-3-7-8(4-6)9(11)5-12-10(7)13/h2-5H,1H3,(H,12,13). The van der Waals surface area contributed by atoms with E-state index in [1.807, 2.05) is 13.0 Å². The maximum Gasteiger partial charge on any atom is 0.219 e. The summed E-state index contributed by atoms with van der Waals surface area (Å²) in [4.78, 5) is 3.52. The fourth-order valence-electron chi connectivity index (χ4n) is 1.31. The monoisotopic (exact) mass is 177 g/mol. The van der Waals surface area contributed by atoms with Gasteiger partial charge in [0, 0.05) is 10.8 Å². The van der Waals surface area contributed by atoms with Gasteiger partial charge in [-0.05, 0) is 19.1 Å². The molecule has 3 heteroatoms. The van der Waals surface area contributed by atoms with E-state index in [4.69, 9.17) is 0 Å². The second-order valence-electron chi connectivity index (χ2n) is 2.98. The van der Waals surface area contributed by atoms with Gasteiger partial charge in [-0.15, -0.1) is 0 Å². The molecule has 0 saturated carbocycles. The zero-order valence-electron chi connectivity index (χ0n) is 7.08. The highest BCUT2D eigenvalue weighted by atomic mass is 19.1. The van der Waals surface area contributed by atoms with Crippen molar-refractivity contribution in [2.75, 3.05) is 0 Å². The predicted octanol–water partition coefficient (Wildman–Crippen LogP) is 2.39. The van der Waals surface area contributed by atoms with Crippen LogP contribution < -0.4 is 0 Å². The Bertz CT molecular complexity index is 468. The molecular weight excluding hydrogens is 169 g/mol. The third kappa shape index (κ3) is 1.22. The summed E-state index contributed by atoms with van der Waals surface area (Å²) in [5.74, 6) is -0.534. The lowest BCUT2D eigenvalue weighted by molar-refractivity contribution is 0.457. The minimum absolute atomic E-state index is 0.128. The molecular formula is C10H8FNO. The number of hydrogen-bond donors (Lipinski definition) is 1. The van der Waals surface area contributed by atoms with Crippen molar-refractivity contribution in [1.82, 2.24) is 4.98 Å². The predicted molar refractivity (Wildman–Crippen MR) is 48.1 cm³/mol. The molecule has 0 unspecified atom stereocenters. The Morgan fingerprint density at radius 3 is 2.85 bits per heavy atom. The topological polar surface area (TPSA) is 33.1 Å². The number of halogens is 1. The third-order valence-electron chi connectivity index (χ3n) is 1.97. The second-order valence-corrected chi connectivity index (χ2v) is 2.98. The van der Waals surface area contributed by atoms with Gasteiger partial charge in [0.25, 0.3) is 0 Å². The summed E-state index contributed by atoms with van der Waals surface area (Å²) in [7, 11) is 0. The fraction of sp³-hybridized carbons (Fsp3) is 0.100. The molecule has 0 radical (unpaired) electrons. The lowest BCUT2D eigenvalue weighted by Gasteiger charge is -2.01. The van der Waals surface area contributed by atoms with Gasteiger partial charge < -0.3 is 5.11 Å². The smallest absolute Gasteiger partial charge is 0.219 e. The van der Waals surface area contributed by atoms with Gasteiger partial charge in [-0.2, -0.15) is 0 Å². The SMILES string of the molecule is Cc1ccc2c(O)ncc(F)c2c1. The average molecular weight is 177 g/mol. The number of rotatable bonds is 0. The molecule has 2 rings (SSSR count). The molecule has 0 saturated heterocycles. The van der Waals surface area contributed by atoms with E-state index in [1.54, 1.807) is 12.1 Å². The quantitative estimate of drug-likeness (QED) is 0.670. The molecule has 0 aliphatic carbocycles. The highest BCUT2D eigenvalue weighted by Gasteiger charge is 2.05. The summed E-state index contributed by atoms with van der Waals surface area (Å²) in [6.45, 7) is 1.87. The first-order valence-corrected chi connectivity index (χ1v) is 3.92. The van der Waals surface area contributed by atoms with Crippen molar-refractivity contribution in [2.45, 2.75) is 6.92 Å². The van der Waals surface area contributed by atoms with E-state index in [0.717, 1.165) is 11.8 Å². The molecule has 0 spiro atoms. The van der Waals surface area contributed by atoms with Crippen LogP contribution in [0.3, 0.4) is 0 Å². The first kappa shape index (κ1) is 7.98. The van der Waals surface area contributed by atoms with Crippen LogP contribution in [0, 0.1) is 12.7 Å².